The molecular formula is C17H16N2O2. The number of hydrogen-bond donors (Lipinski definition) is 0. The molecule has 3 rings (SSSR count). The van der Waals surface area contributed by atoms with Crippen molar-refractivity contribution in [2.24, 2.45) is 0 Å². The first-order chi connectivity index (χ1) is 10.1. The van der Waals surface area contributed by atoms with Crippen molar-refractivity contribution in [3.63, 3.8) is 0 Å². The number of nitrogens with zero attached hydrogens (tertiary/aromatic N) is 2. The highest BCUT2D eigenvalue weighted by molar-refractivity contribution is 5.96. The Hall–Kier alpha value is -2.62. The van der Waals surface area contributed by atoms with E-state index in [1.54, 1.807) is 37.1 Å². The molecule has 0 aliphatic heterocycles. The van der Waals surface area contributed by atoms with E-state index in [2.05, 4.69) is 4.98 Å². The van der Waals surface area contributed by atoms with Crippen LogP contribution in [0.5, 0.6) is 0 Å². The Morgan fingerprint density at radius 3 is 2.71 bits per heavy atom. The van der Waals surface area contributed by atoms with Crippen LogP contribution in [0.25, 0.3) is 11.1 Å². The zero-order valence-electron chi connectivity index (χ0n) is 12.0. The summed E-state index contributed by atoms with van der Waals surface area (Å²) in [4.78, 5) is 18.4. The Bertz CT molecular complexity index is 778. The molecule has 1 amide bonds. The molecule has 0 aliphatic rings. The molecule has 0 bridgehead atoms. The van der Waals surface area contributed by atoms with Gasteiger partial charge in [-0.1, -0.05) is 30.3 Å². The topological polar surface area (TPSA) is 46.3 Å². The SMILES string of the molecule is Cc1nc2cc(C(=O)N(C)Cc3ccccc3)ccc2o1. The first kappa shape index (κ1) is 13.4. The molecule has 0 fully saturated rings. The number of rotatable bonds is 3. The number of carbonyl (C=O) groups excluding carboxylic acids is 1. The predicted molar refractivity (Wildman–Crippen MR) is 81.0 cm³/mol. The van der Waals surface area contributed by atoms with E-state index in [0.717, 1.165) is 5.56 Å². The molecule has 0 unspecified atom stereocenters. The van der Waals surface area contributed by atoms with Gasteiger partial charge < -0.3 is 9.32 Å². The van der Waals surface area contributed by atoms with Gasteiger partial charge in [0.25, 0.3) is 5.91 Å². The fraction of sp³-hybridized carbons (Fsp3) is 0.176. The number of carbonyl (C=O) groups is 1. The first-order valence-corrected chi connectivity index (χ1v) is 6.80. The van der Waals surface area contributed by atoms with E-state index in [0.29, 0.717) is 29.1 Å². The van der Waals surface area contributed by atoms with Crippen LogP contribution in [-0.4, -0.2) is 22.8 Å². The fourth-order valence-corrected chi connectivity index (χ4v) is 2.33. The number of aryl methyl sites for hydroxylation is 1. The van der Waals surface area contributed by atoms with E-state index in [-0.39, 0.29) is 5.91 Å². The second kappa shape index (κ2) is 5.40. The third-order valence-electron chi connectivity index (χ3n) is 3.35. The van der Waals surface area contributed by atoms with E-state index in [9.17, 15) is 4.79 Å². The van der Waals surface area contributed by atoms with E-state index < -0.39 is 0 Å². The van der Waals surface area contributed by atoms with Crippen molar-refractivity contribution in [1.82, 2.24) is 9.88 Å². The van der Waals surface area contributed by atoms with Crippen LogP contribution in [0.3, 0.4) is 0 Å². The summed E-state index contributed by atoms with van der Waals surface area (Å²) in [6.07, 6.45) is 0. The van der Waals surface area contributed by atoms with Gasteiger partial charge in [0.05, 0.1) is 0 Å². The smallest absolute Gasteiger partial charge is 0.253 e. The lowest BCUT2D eigenvalue weighted by molar-refractivity contribution is 0.0785. The molecular weight excluding hydrogens is 264 g/mol. The minimum Gasteiger partial charge on any atom is -0.441 e. The lowest BCUT2D eigenvalue weighted by Crippen LogP contribution is -2.26. The van der Waals surface area contributed by atoms with Crippen molar-refractivity contribution in [3.8, 4) is 0 Å². The Balaban J connectivity index is 1.82. The Morgan fingerprint density at radius 1 is 1.19 bits per heavy atom. The first-order valence-electron chi connectivity index (χ1n) is 6.80. The minimum absolute atomic E-state index is 0.0265. The summed E-state index contributed by atoms with van der Waals surface area (Å²) >= 11 is 0. The highest BCUT2D eigenvalue weighted by Crippen LogP contribution is 2.18. The van der Waals surface area contributed by atoms with Crippen molar-refractivity contribution in [2.75, 3.05) is 7.05 Å². The summed E-state index contributed by atoms with van der Waals surface area (Å²) in [5.74, 6) is 0.577. The maximum absolute atomic E-state index is 12.5. The van der Waals surface area contributed by atoms with Gasteiger partial charge in [-0.05, 0) is 23.8 Å². The Kier molecular flexibility index (Phi) is 3.44. The van der Waals surface area contributed by atoms with Crippen molar-refractivity contribution >= 4 is 17.0 Å². The third-order valence-corrected chi connectivity index (χ3v) is 3.35. The molecule has 1 aromatic heterocycles. The number of amides is 1. The van der Waals surface area contributed by atoms with Crippen LogP contribution in [0.4, 0.5) is 0 Å². The number of oxazole rings is 1. The number of benzene rings is 2. The van der Waals surface area contributed by atoms with Crippen LogP contribution in [0, 0.1) is 6.92 Å². The molecule has 4 heteroatoms. The molecule has 0 radical (unpaired) electrons. The number of hydrogen-bond acceptors (Lipinski definition) is 3. The zero-order chi connectivity index (χ0) is 14.8. The maximum atomic E-state index is 12.5. The quantitative estimate of drug-likeness (QED) is 0.738. The zero-order valence-corrected chi connectivity index (χ0v) is 12.0. The standard InChI is InChI=1S/C17H16N2O2/c1-12-18-15-10-14(8-9-16(15)21-12)17(20)19(2)11-13-6-4-3-5-7-13/h3-10H,11H2,1-2H3. The summed E-state index contributed by atoms with van der Waals surface area (Å²) in [6, 6.07) is 15.3. The van der Waals surface area contributed by atoms with E-state index in [1.807, 2.05) is 30.3 Å². The van der Waals surface area contributed by atoms with Crippen molar-refractivity contribution in [1.29, 1.82) is 0 Å². The lowest BCUT2D eigenvalue weighted by atomic mass is 10.1. The molecule has 0 atom stereocenters. The van der Waals surface area contributed by atoms with E-state index in [1.165, 1.54) is 0 Å². The number of fused-ring (bicyclic) bond motifs is 1. The van der Waals surface area contributed by atoms with Crippen LogP contribution in [-0.2, 0) is 6.54 Å². The van der Waals surface area contributed by atoms with Gasteiger partial charge in [0.1, 0.15) is 5.52 Å². The predicted octanol–water partition coefficient (Wildman–Crippen LogP) is 3.41. The second-order valence-electron chi connectivity index (χ2n) is 5.06. The monoisotopic (exact) mass is 280 g/mol. The molecule has 2 aromatic carbocycles. The van der Waals surface area contributed by atoms with E-state index in [4.69, 9.17) is 4.42 Å². The van der Waals surface area contributed by atoms with Crippen LogP contribution in [0.1, 0.15) is 21.8 Å². The van der Waals surface area contributed by atoms with E-state index >= 15 is 0 Å². The molecule has 0 aliphatic carbocycles. The van der Waals surface area contributed by atoms with Crippen molar-refractivity contribution in [3.05, 3.63) is 65.5 Å². The molecule has 0 N–H and O–H groups in total. The molecule has 21 heavy (non-hydrogen) atoms. The average Bonchev–Trinajstić information content (AvgIpc) is 2.86. The van der Waals surface area contributed by atoms with Crippen LogP contribution in [0.15, 0.2) is 52.9 Å². The van der Waals surface area contributed by atoms with Gasteiger partial charge in [0, 0.05) is 26.1 Å². The number of aromatic nitrogens is 1. The van der Waals surface area contributed by atoms with Crippen molar-refractivity contribution < 1.29 is 9.21 Å². The van der Waals surface area contributed by atoms with Crippen LogP contribution in [0.2, 0.25) is 0 Å². The van der Waals surface area contributed by atoms with Crippen LogP contribution < -0.4 is 0 Å². The van der Waals surface area contributed by atoms with Crippen LogP contribution >= 0.6 is 0 Å². The third kappa shape index (κ3) is 2.79. The average molecular weight is 280 g/mol. The Morgan fingerprint density at radius 2 is 1.95 bits per heavy atom. The van der Waals surface area contributed by atoms with Gasteiger partial charge in [-0.25, -0.2) is 4.98 Å². The molecule has 0 spiro atoms. The summed E-state index contributed by atoms with van der Waals surface area (Å²) in [7, 11) is 1.80. The lowest BCUT2D eigenvalue weighted by Gasteiger charge is -2.17. The maximum Gasteiger partial charge on any atom is 0.253 e. The molecule has 0 saturated carbocycles. The van der Waals surface area contributed by atoms with Gasteiger partial charge in [-0.15, -0.1) is 0 Å². The van der Waals surface area contributed by atoms with Gasteiger partial charge in [-0.2, -0.15) is 0 Å². The summed E-state index contributed by atoms with van der Waals surface area (Å²) in [6.45, 7) is 2.37. The highest BCUT2D eigenvalue weighted by atomic mass is 16.3. The summed E-state index contributed by atoms with van der Waals surface area (Å²) in [5, 5.41) is 0. The molecule has 3 aromatic rings. The molecule has 106 valence electrons. The highest BCUT2D eigenvalue weighted by Gasteiger charge is 2.14. The van der Waals surface area contributed by atoms with Gasteiger partial charge >= 0.3 is 0 Å². The minimum atomic E-state index is -0.0265. The van der Waals surface area contributed by atoms with Crippen molar-refractivity contribution in [2.45, 2.75) is 13.5 Å². The van der Waals surface area contributed by atoms with Gasteiger partial charge in [0.2, 0.25) is 0 Å². The van der Waals surface area contributed by atoms with Gasteiger partial charge in [-0.3, -0.25) is 4.79 Å². The largest absolute Gasteiger partial charge is 0.441 e. The summed E-state index contributed by atoms with van der Waals surface area (Å²) in [5.41, 5.74) is 3.14. The van der Waals surface area contributed by atoms with Gasteiger partial charge in [0.15, 0.2) is 11.5 Å². The summed E-state index contributed by atoms with van der Waals surface area (Å²) < 4.78 is 5.42. The normalized spacial score (nSPS) is 10.8. The molecule has 0 saturated heterocycles. The fourth-order valence-electron chi connectivity index (χ4n) is 2.33. The second-order valence-corrected chi connectivity index (χ2v) is 5.06. The Labute approximate surface area is 123 Å². The molecule has 1 heterocycles. The molecule has 4 nitrogen and oxygen atoms in total.